The lowest BCUT2D eigenvalue weighted by Gasteiger charge is -2.19. The zero-order valence-corrected chi connectivity index (χ0v) is 10.2. The van der Waals surface area contributed by atoms with Gasteiger partial charge in [-0.2, -0.15) is 0 Å². The summed E-state index contributed by atoms with van der Waals surface area (Å²) in [6.45, 7) is 0. The van der Waals surface area contributed by atoms with Crippen LogP contribution >= 0.6 is 0 Å². The van der Waals surface area contributed by atoms with E-state index in [0.29, 0.717) is 17.7 Å². The van der Waals surface area contributed by atoms with Gasteiger partial charge in [-0.05, 0) is 12.5 Å². The summed E-state index contributed by atoms with van der Waals surface area (Å²) in [5.41, 5.74) is 1.51. The molecule has 0 radical (unpaired) electrons. The average Bonchev–Trinajstić information content (AvgIpc) is 2.38. The average molecular weight is 232 g/mol. The van der Waals surface area contributed by atoms with E-state index in [1.165, 1.54) is 0 Å². The standard InChI is InChI=1S/C14H16O3/c1-16-12-8-4-3-6-10(12)14-11(15)7-5-9-13(14)17-2/h3-4,6,8H,5,7,9H2,1-2H3. The van der Waals surface area contributed by atoms with Gasteiger partial charge in [0.1, 0.15) is 11.5 Å². The highest BCUT2D eigenvalue weighted by atomic mass is 16.5. The number of hydrogen-bond donors (Lipinski definition) is 0. The van der Waals surface area contributed by atoms with Gasteiger partial charge in [-0.1, -0.05) is 18.2 Å². The number of para-hydroxylation sites is 1. The summed E-state index contributed by atoms with van der Waals surface area (Å²) in [6.07, 6.45) is 2.26. The molecule has 90 valence electrons. The van der Waals surface area contributed by atoms with E-state index in [-0.39, 0.29) is 5.78 Å². The lowest BCUT2D eigenvalue weighted by molar-refractivity contribution is -0.114. The number of hydrogen-bond acceptors (Lipinski definition) is 3. The van der Waals surface area contributed by atoms with E-state index in [2.05, 4.69) is 0 Å². The molecule has 0 saturated carbocycles. The summed E-state index contributed by atoms with van der Waals surface area (Å²) in [7, 11) is 3.22. The van der Waals surface area contributed by atoms with E-state index in [4.69, 9.17) is 9.47 Å². The van der Waals surface area contributed by atoms with Crippen LogP contribution in [0.4, 0.5) is 0 Å². The van der Waals surface area contributed by atoms with Gasteiger partial charge in [-0.15, -0.1) is 0 Å². The molecule has 17 heavy (non-hydrogen) atoms. The van der Waals surface area contributed by atoms with Crippen molar-refractivity contribution >= 4 is 11.4 Å². The van der Waals surface area contributed by atoms with Gasteiger partial charge in [-0.25, -0.2) is 0 Å². The van der Waals surface area contributed by atoms with Crippen molar-refractivity contribution in [3.05, 3.63) is 35.6 Å². The number of Topliss-reactive ketones (excluding diaryl/α,β-unsaturated/α-hetero) is 1. The molecule has 0 heterocycles. The van der Waals surface area contributed by atoms with E-state index in [1.807, 2.05) is 24.3 Å². The third-order valence-electron chi connectivity index (χ3n) is 2.99. The number of carbonyl (C=O) groups excluding carboxylic acids is 1. The highest BCUT2D eigenvalue weighted by molar-refractivity contribution is 6.22. The van der Waals surface area contributed by atoms with Gasteiger partial charge in [0, 0.05) is 18.4 Å². The molecule has 0 amide bonds. The van der Waals surface area contributed by atoms with Crippen LogP contribution in [-0.2, 0) is 9.53 Å². The highest BCUT2D eigenvalue weighted by Gasteiger charge is 2.24. The minimum atomic E-state index is 0.137. The first-order chi connectivity index (χ1) is 8.27. The summed E-state index contributed by atoms with van der Waals surface area (Å²) >= 11 is 0. The van der Waals surface area contributed by atoms with Crippen LogP contribution < -0.4 is 4.74 Å². The Kier molecular flexibility index (Phi) is 3.47. The smallest absolute Gasteiger partial charge is 0.167 e. The minimum absolute atomic E-state index is 0.137. The number of ketones is 1. The van der Waals surface area contributed by atoms with Crippen LogP contribution in [0.5, 0.6) is 5.75 Å². The van der Waals surface area contributed by atoms with E-state index in [9.17, 15) is 4.79 Å². The topological polar surface area (TPSA) is 35.5 Å². The monoisotopic (exact) mass is 232 g/mol. The van der Waals surface area contributed by atoms with E-state index >= 15 is 0 Å². The first-order valence-corrected chi connectivity index (χ1v) is 5.71. The fraction of sp³-hybridized carbons (Fsp3) is 0.357. The Labute approximate surface area is 101 Å². The second kappa shape index (κ2) is 5.04. The van der Waals surface area contributed by atoms with Crippen molar-refractivity contribution in [1.29, 1.82) is 0 Å². The molecule has 0 aliphatic heterocycles. The maximum absolute atomic E-state index is 12.0. The lowest BCUT2D eigenvalue weighted by Crippen LogP contribution is -2.12. The van der Waals surface area contributed by atoms with Gasteiger partial charge >= 0.3 is 0 Å². The Morgan fingerprint density at radius 3 is 2.53 bits per heavy atom. The molecule has 1 aromatic rings. The fourth-order valence-electron chi connectivity index (χ4n) is 2.17. The Morgan fingerprint density at radius 1 is 1.06 bits per heavy atom. The number of benzene rings is 1. The minimum Gasteiger partial charge on any atom is -0.500 e. The predicted octanol–water partition coefficient (Wildman–Crippen LogP) is 2.81. The van der Waals surface area contributed by atoms with Gasteiger partial charge in [0.15, 0.2) is 5.78 Å². The molecule has 1 aliphatic carbocycles. The van der Waals surface area contributed by atoms with Crippen molar-refractivity contribution in [2.75, 3.05) is 14.2 Å². The zero-order chi connectivity index (χ0) is 12.3. The normalized spacial score (nSPS) is 16.0. The van der Waals surface area contributed by atoms with Crippen molar-refractivity contribution in [2.45, 2.75) is 19.3 Å². The van der Waals surface area contributed by atoms with Crippen molar-refractivity contribution < 1.29 is 14.3 Å². The van der Waals surface area contributed by atoms with Gasteiger partial charge in [0.25, 0.3) is 0 Å². The Balaban J connectivity index is 2.56. The van der Waals surface area contributed by atoms with E-state index in [1.54, 1.807) is 14.2 Å². The molecular weight excluding hydrogens is 216 g/mol. The van der Waals surface area contributed by atoms with Crippen LogP contribution in [0, 0.1) is 0 Å². The SMILES string of the molecule is COC1=C(c2ccccc2OC)C(=O)CCC1. The maximum Gasteiger partial charge on any atom is 0.167 e. The van der Waals surface area contributed by atoms with Gasteiger partial charge in [0.2, 0.25) is 0 Å². The first kappa shape index (κ1) is 11.7. The van der Waals surface area contributed by atoms with Crippen LogP contribution in [0.15, 0.2) is 30.0 Å². The molecule has 0 fully saturated rings. The molecule has 1 aliphatic rings. The van der Waals surface area contributed by atoms with Crippen LogP contribution in [0.3, 0.4) is 0 Å². The Bertz CT molecular complexity index is 460. The number of methoxy groups -OCH3 is 2. The zero-order valence-electron chi connectivity index (χ0n) is 10.2. The molecule has 0 spiro atoms. The number of carbonyl (C=O) groups is 1. The van der Waals surface area contributed by atoms with Crippen LogP contribution in [0.1, 0.15) is 24.8 Å². The molecule has 3 nitrogen and oxygen atoms in total. The number of rotatable bonds is 3. The quantitative estimate of drug-likeness (QED) is 0.803. The summed E-state index contributed by atoms with van der Waals surface area (Å²) < 4.78 is 10.6. The maximum atomic E-state index is 12.0. The molecule has 1 aromatic carbocycles. The molecular formula is C14H16O3. The van der Waals surface area contributed by atoms with Gasteiger partial charge < -0.3 is 9.47 Å². The van der Waals surface area contributed by atoms with E-state index in [0.717, 1.165) is 24.2 Å². The second-order valence-electron chi connectivity index (χ2n) is 3.98. The molecule has 0 unspecified atom stereocenters. The lowest BCUT2D eigenvalue weighted by atomic mass is 9.90. The van der Waals surface area contributed by atoms with Crippen LogP contribution in [-0.4, -0.2) is 20.0 Å². The largest absolute Gasteiger partial charge is 0.500 e. The van der Waals surface area contributed by atoms with Crippen molar-refractivity contribution in [3.63, 3.8) is 0 Å². The van der Waals surface area contributed by atoms with Crippen molar-refractivity contribution in [1.82, 2.24) is 0 Å². The van der Waals surface area contributed by atoms with Crippen molar-refractivity contribution in [3.8, 4) is 5.75 Å². The molecule has 3 heteroatoms. The molecule has 0 aromatic heterocycles. The Morgan fingerprint density at radius 2 is 1.82 bits per heavy atom. The van der Waals surface area contributed by atoms with Crippen LogP contribution in [0.25, 0.3) is 5.57 Å². The summed E-state index contributed by atoms with van der Waals surface area (Å²) in [5.74, 6) is 1.62. The fourth-order valence-corrected chi connectivity index (χ4v) is 2.17. The van der Waals surface area contributed by atoms with Crippen molar-refractivity contribution in [2.24, 2.45) is 0 Å². The van der Waals surface area contributed by atoms with Gasteiger partial charge in [0.05, 0.1) is 19.8 Å². The number of ether oxygens (including phenoxy) is 2. The summed E-state index contributed by atoms with van der Waals surface area (Å²) in [4.78, 5) is 12.0. The molecule has 2 rings (SSSR count). The third-order valence-corrected chi connectivity index (χ3v) is 2.99. The first-order valence-electron chi connectivity index (χ1n) is 5.71. The molecule has 0 atom stereocenters. The highest BCUT2D eigenvalue weighted by Crippen LogP contribution is 2.34. The Hall–Kier alpha value is -1.77. The predicted molar refractivity (Wildman–Crippen MR) is 65.8 cm³/mol. The third kappa shape index (κ3) is 2.18. The van der Waals surface area contributed by atoms with E-state index < -0.39 is 0 Å². The molecule has 0 bridgehead atoms. The number of allylic oxidation sites excluding steroid dienone is 2. The van der Waals surface area contributed by atoms with Crippen LogP contribution in [0.2, 0.25) is 0 Å². The molecule has 0 saturated heterocycles. The summed E-state index contributed by atoms with van der Waals surface area (Å²) in [6, 6.07) is 7.55. The van der Waals surface area contributed by atoms with Gasteiger partial charge in [-0.3, -0.25) is 4.79 Å². The second-order valence-corrected chi connectivity index (χ2v) is 3.98. The molecule has 0 N–H and O–H groups in total. The summed E-state index contributed by atoms with van der Waals surface area (Å²) in [5, 5.41) is 0.